The van der Waals surface area contributed by atoms with Crippen LogP contribution in [0.3, 0.4) is 0 Å². The first-order chi connectivity index (χ1) is 12.2. The maximum Gasteiger partial charge on any atom is 0.225 e. The van der Waals surface area contributed by atoms with Gasteiger partial charge in [-0.15, -0.1) is 0 Å². The Balaban J connectivity index is 1.39. The van der Waals surface area contributed by atoms with Gasteiger partial charge >= 0.3 is 0 Å². The van der Waals surface area contributed by atoms with Crippen molar-refractivity contribution in [2.75, 3.05) is 13.1 Å². The molecule has 1 aliphatic heterocycles. The van der Waals surface area contributed by atoms with Crippen molar-refractivity contribution in [1.82, 2.24) is 19.8 Å². The van der Waals surface area contributed by atoms with Gasteiger partial charge in [0.25, 0.3) is 0 Å². The number of likely N-dealkylation sites (tertiary alicyclic amines) is 1. The Bertz CT molecular complexity index is 764. The molecule has 5 heteroatoms. The van der Waals surface area contributed by atoms with E-state index in [1.807, 2.05) is 6.07 Å². The molecule has 134 valence electrons. The van der Waals surface area contributed by atoms with Crippen LogP contribution >= 0.6 is 0 Å². The number of nitrogens with one attached hydrogen (secondary N) is 1. The molecular weight excluding hydrogens is 312 g/mol. The summed E-state index contributed by atoms with van der Waals surface area (Å²) in [6, 6.07) is 8.78. The van der Waals surface area contributed by atoms with Crippen LogP contribution in [0.5, 0.6) is 0 Å². The lowest BCUT2D eigenvalue weighted by Gasteiger charge is -2.37. The Kier molecular flexibility index (Phi) is 4.50. The maximum absolute atomic E-state index is 12.3. The lowest BCUT2D eigenvalue weighted by molar-refractivity contribution is -0.134. The van der Waals surface area contributed by atoms with E-state index in [0.29, 0.717) is 23.8 Å². The number of aryl methyl sites for hydroxylation is 1. The summed E-state index contributed by atoms with van der Waals surface area (Å²) in [5, 5.41) is 3.71. The van der Waals surface area contributed by atoms with Gasteiger partial charge in [0.2, 0.25) is 5.91 Å². The van der Waals surface area contributed by atoms with Crippen LogP contribution in [0.4, 0.5) is 0 Å². The fraction of sp³-hybridized carbons (Fsp3) is 0.600. The molecule has 25 heavy (non-hydrogen) atoms. The number of piperidine rings is 1. The second kappa shape index (κ2) is 6.79. The van der Waals surface area contributed by atoms with E-state index < -0.39 is 0 Å². The van der Waals surface area contributed by atoms with Gasteiger partial charge in [0.05, 0.1) is 17.6 Å². The number of imidazole rings is 1. The molecule has 0 bridgehead atoms. The van der Waals surface area contributed by atoms with Crippen molar-refractivity contribution < 1.29 is 4.79 Å². The molecule has 1 aromatic carbocycles. The minimum atomic E-state index is 0.334. The minimum Gasteiger partial charge on any atom is -0.342 e. The normalized spacial score (nSPS) is 24.0. The number of aromatic nitrogens is 2. The third-order valence-electron chi connectivity index (χ3n) is 5.72. The number of benzene rings is 1. The maximum atomic E-state index is 12.3. The van der Waals surface area contributed by atoms with Gasteiger partial charge in [-0.05, 0) is 44.2 Å². The van der Waals surface area contributed by atoms with Gasteiger partial charge in [-0.25, -0.2) is 4.98 Å². The quantitative estimate of drug-likeness (QED) is 0.910. The number of carbonyl (C=O) groups is 1. The molecule has 0 radical (unpaired) electrons. The van der Waals surface area contributed by atoms with Crippen LogP contribution in [-0.4, -0.2) is 39.5 Å². The van der Waals surface area contributed by atoms with Gasteiger partial charge < -0.3 is 14.8 Å². The second-order valence-corrected chi connectivity index (χ2v) is 7.57. The van der Waals surface area contributed by atoms with E-state index in [1.54, 1.807) is 0 Å². The molecule has 0 unspecified atom stereocenters. The van der Waals surface area contributed by atoms with E-state index in [4.69, 9.17) is 4.98 Å². The zero-order valence-electron chi connectivity index (χ0n) is 15.2. The Morgan fingerprint density at radius 3 is 2.80 bits per heavy atom. The van der Waals surface area contributed by atoms with E-state index in [2.05, 4.69) is 46.8 Å². The van der Waals surface area contributed by atoms with E-state index in [-0.39, 0.29) is 0 Å². The highest BCUT2D eigenvalue weighted by molar-refractivity contribution is 5.81. The SMILES string of the molecule is CCn1c(CN[C@H]2CCN(C(=O)C3CC3)C[C@H]2C)nc2ccccc21. The van der Waals surface area contributed by atoms with E-state index in [0.717, 1.165) is 56.8 Å². The number of para-hydroxylation sites is 2. The fourth-order valence-electron chi connectivity index (χ4n) is 4.07. The lowest BCUT2D eigenvalue weighted by atomic mass is 9.93. The third-order valence-corrected chi connectivity index (χ3v) is 5.72. The number of carbonyl (C=O) groups excluding carboxylic acids is 1. The number of fused-ring (bicyclic) bond motifs is 1. The topological polar surface area (TPSA) is 50.2 Å². The molecule has 2 aromatic rings. The molecule has 1 saturated heterocycles. The summed E-state index contributed by atoms with van der Waals surface area (Å²) in [6.07, 6.45) is 3.23. The van der Waals surface area contributed by atoms with Gasteiger partial charge in [-0.1, -0.05) is 19.1 Å². The van der Waals surface area contributed by atoms with Crippen molar-refractivity contribution in [3.8, 4) is 0 Å². The number of hydrogen-bond acceptors (Lipinski definition) is 3. The first kappa shape index (κ1) is 16.6. The number of hydrogen-bond donors (Lipinski definition) is 1. The summed E-state index contributed by atoms with van der Waals surface area (Å²) in [5.74, 6) is 2.31. The first-order valence-corrected chi connectivity index (χ1v) is 9.63. The summed E-state index contributed by atoms with van der Waals surface area (Å²) in [5.41, 5.74) is 2.28. The molecule has 2 fully saturated rings. The van der Waals surface area contributed by atoms with Crippen molar-refractivity contribution in [2.45, 2.75) is 52.2 Å². The number of amides is 1. The summed E-state index contributed by atoms with van der Waals surface area (Å²) in [4.78, 5) is 19.2. The van der Waals surface area contributed by atoms with Crippen LogP contribution < -0.4 is 5.32 Å². The molecule has 1 aromatic heterocycles. The number of nitrogens with zero attached hydrogens (tertiary/aromatic N) is 3. The Morgan fingerprint density at radius 2 is 2.08 bits per heavy atom. The van der Waals surface area contributed by atoms with Gasteiger partial charge in [0.15, 0.2) is 0 Å². The first-order valence-electron chi connectivity index (χ1n) is 9.63. The van der Waals surface area contributed by atoms with Crippen LogP contribution in [0.1, 0.15) is 38.9 Å². The van der Waals surface area contributed by atoms with E-state index in [1.165, 1.54) is 5.52 Å². The molecule has 4 rings (SSSR count). The Morgan fingerprint density at radius 1 is 1.28 bits per heavy atom. The zero-order valence-corrected chi connectivity index (χ0v) is 15.2. The van der Waals surface area contributed by atoms with Gasteiger partial charge in [-0.2, -0.15) is 0 Å². The van der Waals surface area contributed by atoms with Crippen LogP contribution in [0.15, 0.2) is 24.3 Å². The van der Waals surface area contributed by atoms with Gasteiger partial charge in [0.1, 0.15) is 5.82 Å². The predicted octanol–water partition coefficient (Wildman–Crippen LogP) is 2.79. The predicted molar refractivity (Wildman–Crippen MR) is 99.1 cm³/mol. The van der Waals surface area contributed by atoms with E-state index in [9.17, 15) is 4.79 Å². The van der Waals surface area contributed by atoms with Gasteiger partial charge in [0, 0.05) is 31.6 Å². The zero-order chi connectivity index (χ0) is 17.4. The van der Waals surface area contributed by atoms with Crippen molar-refractivity contribution in [3.63, 3.8) is 0 Å². The smallest absolute Gasteiger partial charge is 0.225 e. The highest BCUT2D eigenvalue weighted by Crippen LogP contribution is 2.32. The van der Waals surface area contributed by atoms with Crippen LogP contribution in [0, 0.1) is 11.8 Å². The highest BCUT2D eigenvalue weighted by atomic mass is 16.2. The third kappa shape index (κ3) is 3.30. The summed E-state index contributed by atoms with van der Waals surface area (Å²) in [6.45, 7) is 7.92. The summed E-state index contributed by atoms with van der Waals surface area (Å²) >= 11 is 0. The fourth-order valence-corrected chi connectivity index (χ4v) is 4.07. The van der Waals surface area contributed by atoms with Crippen molar-refractivity contribution in [3.05, 3.63) is 30.1 Å². The molecule has 1 saturated carbocycles. The average molecular weight is 340 g/mol. The minimum absolute atomic E-state index is 0.334. The van der Waals surface area contributed by atoms with Crippen LogP contribution in [-0.2, 0) is 17.9 Å². The molecule has 1 amide bonds. The van der Waals surface area contributed by atoms with Crippen LogP contribution in [0.2, 0.25) is 0 Å². The van der Waals surface area contributed by atoms with Crippen molar-refractivity contribution in [2.24, 2.45) is 11.8 Å². The Hall–Kier alpha value is -1.88. The molecule has 2 aliphatic rings. The lowest BCUT2D eigenvalue weighted by Crippen LogP contribution is -2.50. The van der Waals surface area contributed by atoms with Gasteiger partial charge in [-0.3, -0.25) is 4.79 Å². The average Bonchev–Trinajstić information content (AvgIpc) is 3.41. The molecule has 1 aliphatic carbocycles. The Labute approximate surface area is 149 Å². The standard InChI is InChI=1S/C20H28N4O/c1-3-24-18-7-5-4-6-17(18)22-19(24)12-21-16-10-11-23(13-14(16)2)20(25)15-8-9-15/h4-7,14-16,21H,3,8-13H2,1-2H3/t14-,16+/m1/s1. The monoisotopic (exact) mass is 340 g/mol. The van der Waals surface area contributed by atoms with E-state index >= 15 is 0 Å². The molecule has 0 spiro atoms. The number of rotatable bonds is 5. The largest absolute Gasteiger partial charge is 0.342 e. The van der Waals surface area contributed by atoms with Crippen molar-refractivity contribution >= 4 is 16.9 Å². The molecule has 5 nitrogen and oxygen atoms in total. The van der Waals surface area contributed by atoms with Crippen LogP contribution in [0.25, 0.3) is 11.0 Å². The highest BCUT2D eigenvalue weighted by Gasteiger charge is 2.36. The summed E-state index contributed by atoms with van der Waals surface area (Å²) in [7, 11) is 0. The molecule has 1 N–H and O–H groups in total. The second-order valence-electron chi connectivity index (χ2n) is 7.57. The van der Waals surface area contributed by atoms with Crippen molar-refractivity contribution in [1.29, 1.82) is 0 Å². The molecular formula is C20H28N4O. The molecule has 2 atom stereocenters. The summed E-state index contributed by atoms with van der Waals surface area (Å²) < 4.78 is 2.29. The molecule has 2 heterocycles.